The highest BCUT2D eigenvalue weighted by molar-refractivity contribution is 5.69. The van der Waals surface area contributed by atoms with Gasteiger partial charge in [-0.1, -0.05) is 129 Å². The van der Waals surface area contributed by atoms with Crippen LogP contribution < -0.4 is 0 Å². The molecule has 0 spiro atoms. The first-order valence-corrected chi connectivity index (χ1v) is 15.8. The van der Waals surface area contributed by atoms with Gasteiger partial charge >= 0.3 is 5.97 Å². The third-order valence-corrected chi connectivity index (χ3v) is 6.84. The molecule has 1 unspecified atom stereocenters. The van der Waals surface area contributed by atoms with Gasteiger partial charge in [-0.2, -0.15) is 0 Å². The Balaban J connectivity index is 3.44. The van der Waals surface area contributed by atoms with Crippen molar-refractivity contribution >= 4 is 5.97 Å². The van der Waals surface area contributed by atoms with Gasteiger partial charge in [0.25, 0.3) is 0 Å². The molecule has 4 nitrogen and oxygen atoms in total. The van der Waals surface area contributed by atoms with Crippen LogP contribution in [0.5, 0.6) is 0 Å². The van der Waals surface area contributed by atoms with Gasteiger partial charge in [0.2, 0.25) is 0 Å². The Hall–Kier alpha value is -0.870. The van der Waals surface area contributed by atoms with Crippen molar-refractivity contribution < 1.29 is 19.4 Å². The van der Waals surface area contributed by atoms with E-state index in [0.29, 0.717) is 19.6 Å². The minimum atomic E-state index is -0.528. The van der Waals surface area contributed by atoms with Gasteiger partial charge in [-0.25, -0.2) is 0 Å². The molecular formula is C32H62O4. The zero-order chi connectivity index (χ0) is 26.4. The molecular weight excluding hydrogens is 448 g/mol. The summed E-state index contributed by atoms with van der Waals surface area (Å²) in [7, 11) is 0. The largest absolute Gasteiger partial charge is 0.457 e. The van der Waals surface area contributed by atoms with Gasteiger partial charge in [-0.3, -0.25) is 4.79 Å². The molecule has 0 aromatic rings. The molecule has 4 heteroatoms. The summed E-state index contributed by atoms with van der Waals surface area (Å²) in [4.78, 5) is 12.0. The molecule has 0 rings (SSSR count). The highest BCUT2D eigenvalue weighted by Crippen LogP contribution is 2.13. The van der Waals surface area contributed by atoms with Gasteiger partial charge in [-0.15, -0.1) is 0 Å². The fourth-order valence-corrected chi connectivity index (χ4v) is 4.44. The molecule has 0 heterocycles. The van der Waals surface area contributed by atoms with E-state index in [1.807, 2.05) is 0 Å². The second kappa shape index (κ2) is 30.4. The second-order valence-corrected chi connectivity index (χ2v) is 10.5. The first kappa shape index (κ1) is 35.1. The predicted octanol–water partition coefficient (Wildman–Crippen LogP) is 9.48. The van der Waals surface area contributed by atoms with Crippen molar-refractivity contribution in [3.63, 3.8) is 0 Å². The smallest absolute Gasteiger partial charge is 0.306 e. The molecule has 0 fully saturated rings. The molecule has 0 aromatic carbocycles. The molecule has 1 atom stereocenters. The van der Waals surface area contributed by atoms with E-state index < -0.39 is 6.10 Å². The van der Waals surface area contributed by atoms with Gasteiger partial charge in [0.15, 0.2) is 0 Å². The maximum atomic E-state index is 12.0. The summed E-state index contributed by atoms with van der Waals surface area (Å²) in [5.41, 5.74) is 0. The zero-order valence-electron chi connectivity index (χ0n) is 24.3. The summed E-state index contributed by atoms with van der Waals surface area (Å²) < 4.78 is 11.0. The Morgan fingerprint density at radius 3 is 1.64 bits per heavy atom. The van der Waals surface area contributed by atoms with Crippen LogP contribution in [0.25, 0.3) is 0 Å². The van der Waals surface area contributed by atoms with Crippen LogP contribution in [0, 0.1) is 0 Å². The van der Waals surface area contributed by atoms with Crippen LogP contribution in [0.15, 0.2) is 12.2 Å². The number of carbonyl (C=O) groups is 1. The number of rotatable bonds is 29. The van der Waals surface area contributed by atoms with Crippen molar-refractivity contribution in [3.8, 4) is 0 Å². The molecule has 0 aliphatic heterocycles. The molecule has 0 saturated heterocycles. The number of aliphatic hydroxyl groups is 1. The molecule has 0 amide bonds. The minimum Gasteiger partial charge on any atom is -0.457 e. The maximum absolute atomic E-state index is 12.0. The normalized spacial score (nSPS) is 12.4. The zero-order valence-corrected chi connectivity index (χ0v) is 24.3. The van der Waals surface area contributed by atoms with Crippen LogP contribution in [-0.4, -0.2) is 37.0 Å². The number of unbranched alkanes of at least 4 members (excludes halogenated alkanes) is 19. The van der Waals surface area contributed by atoms with Gasteiger partial charge in [-0.05, 0) is 38.5 Å². The lowest BCUT2D eigenvalue weighted by Crippen LogP contribution is -2.27. The Morgan fingerprint density at radius 1 is 0.639 bits per heavy atom. The van der Waals surface area contributed by atoms with Crippen molar-refractivity contribution in [1.29, 1.82) is 0 Å². The number of aliphatic hydroxyl groups excluding tert-OH is 1. The monoisotopic (exact) mass is 510 g/mol. The first-order chi connectivity index (χ1) is 17.7. The average Bonchev–Trinajstić information content (AvgIpc) is 2.88. The summed E-state index contributed by atoms with van der Waals surface area (Å²) in [5, 5.41) is 9.49. The highest BCUT2D eigenvalue weighted by Gasteiger charge is 2.13. The van der Waals surface area contributed by atoms with E-state index in [2.05, 4.69) is 26.0 Å². The highest BCUT2D eigenvalue weighted by atomic mass is 16.6. The Bertz CT molecular complexity index is 463. The summed E-state index contributed by atoms with van der Waals surface area (Å²) >= 11 is 0. The van der Waals surface area contributed by atoms with Crippen LogP contribution in [0.3, 0.4) is 0 Å². The molecule has 0 saturated carbocycles. The van der Waals surface area contributed by atoms with Crippen molar-refractivity contribution in [2.75, 3.05) is 19.8 Å². The minimum absolute atomic E-state index is 0.170. The van der Waals surface area contributed by atoms with E-state index in [9.17, 15) is 9.90 Å². The number of ether oxygens (including phenoxy) is 2. The van der Waals surface area contributed by atoms with E-state index >= 15 is 0 Å². The molecule has 0 bridgehead atoms. The molecule has 1 N–H and O–H groups in total. The lowest BCUT2D eigenvalue weighted by molar-refractivity contribution is -0.154. The summed E-state index contributed by atoms with van der Waals surface area (Å²) in [6.45, 7) is 5.31. The van der Waals surface area contributed by atoms with Crippen LogP contribution in [0.4, 0.5) is 0 Å². The Morgan fingerprint density at radius 2 is 1.08 bits per heavy atom. The number of carbonyl (C=O) groups excluding carboxylic acids is 1. The number of hydrogen-bond acceptors (Lipinski definition) is 4. The van der Waals surface area contributed by atoms with Gasteiger partial charge < -0.3 is 14.6 Å². The fraction of sp³-hybridized carbons (Fsp3) is 0.906. The lowest BCUT2D eigenvalue weighted by Gasteiger charge is -2.15. The van der Waals surface area contributed by atoms with Crippen LogP contribution in [0.1, 0.15) is 162 Å². The quantitative estimate of drug-likeness (QED) is 0.0618. The second-order valence-electron chi connectivity index (χ2n) is 10.5. The van der Waals surface area contributed by atoms with Crippen molar-refractivity contribution in [3.05, 3.63) is 12.2 Å². The SMILES string of the molecule is CCCCC/C=C\CCCCCCCCOCC(CO)OC(=O)CCCCCCCCCCCCC. The van der Waals surface area contributed by atoms with E-state index in [1.165, 1.54) is 122 Å². The van der Waals surface area contributed by atoms with Gasteiger partial charge in [0, 0.05) is 13.0 Å². The molecule has 0 aliphatic carbocycles. The molecule has 214 valence electrons. The Labute approximate surface area is 225 Å². The van der Waals surface area contributed by atoms with Crippen LogP contribution in [-0.2, 0) is 14.3 Å². The van der Waals surface area contributed by atoms with E-state index in [1.54, 1.807) is 0 Å². The molecule has 0 aromatic heterocycles. The van der Waals surface area contributed by atoms with Crippen LogP contribution >= 0.6 is 0 Å². The topological polar surface area (TPSA) is 55.8 Å². The summed E-state index contributed by atoms with van der Waals surface area (Å²) in [6.07, 6.45) is 32.3. The third-order valence-electron chi connectivity index (χ3n) is 6.84. The van der Waals surface area contributed by atoms with E-state index in [-0.39, 0.29) is 12.6 Å². The van der Waals surface area contributed by atoms with Gasteiger partial charge in [0.1, 0.15) is 6.10 Å². The third kappa shape index (κ3) is 27.7. The summed E-state index contributed by atoms with van der Waals surface area (Å²) in [6, 6.07) is 0. The van der Waals surface area contributed by atoms with Gasteiger partial charge in [0.05, 0.1) is 13.2 Å². The Kier molecular flexibility index (Phi) is 29.6. The predicted molar refractivity (Wildman–Crippen MR) is 154 cm³/mol. The lowest BCUT2D eigenvalue weighted by atomic mass is 10.1. The average molecular weight is 511 g/mol. The first-order valence-electron chi connectivity index (χ1n) is 15.8. The summed E-state index contributed by atoms with van der Waals surface area (Å²) in [5.74, 6) is -0.204. The molecule has 36 heavy (non-hydrogen) atoms. The van der Waals surface area contributed by atoms with Crippen molar-refractivity contribution in [2.24, 2.45) is 0 Å². The van der Waals surface area contributed by atoms with Crippen molar-refractivity contribution in [2.45, 2.75) is 168 Å². The van der Waals surface area contributed by atoms with Crippen LogP contribution in [0.2, 0.25) is 0 Å². The maximum Gasteiger partial charge on any atom is 0.306 e. The molecule has 0 radical (unpaired) electrons. The molecule has 0 aliphatic rings. The van der Waals surface area contributed by atoms with E-state index in [4.69, 9.17) is 9.47 Å². The number of hydrogen-bond donors (Lipinski definition) is 1. The standard InChI is InChI=1S/C32H62O4/c1-3-5-7-9-11-13-15-16-18-20-22-24-26-28-35-30-31(29-33)36-32(34)27-25-23-21-19-17-14-12-10-8-6-4-2/h11,13,31,33H,3-10,12,14-30H2,1-2H3/b13-11-. The van der Waals surface area contributed by atoms with E-state index in [0.717, 1.165) is 19.3 Å². The number of esters is 1. The fourth-order valence-electron chi connectivity index (χ4n) is 4.44. The number of allylic oxidation sites excluding steroid dienone is 2. The van der Waals surface area contributed by atoms with Crippen molar-refractivity contribution in [1.82, 2.24) is 0 Å².